The normalized spacial score (nSPS) is 11.0. The first kappa shape index (κ1) is 14.0. The third kappa shape index (κ3) is 2.75. The standard InChI is InChI=1S/C17H17ClN2O/c1-21-17-5-4-15(18)9-14(17)11-20-7-6-13-3-2-12(10-19)8-16(13)20/h2-9H,10-11,19H2,1H3. The Kier molecular flexibility index (Phi) is 3.86. The number of rotatable bonds is 4. The van der Waals surface area contributed by atoms with E-state index in [0.717, 1.165) is 16.9 Å². The highest BCUT2D eigenvalue weighted by molar-refractivity contribution is 6.30. The maximum absolute atomic E-state index is 6.10. The summed E-state index contributed by atoms with van der Waals surface area (Å²) in [5.74, 6) is 0.844. The molecule has 3 nitrogen and oxygen atoms in total. The molecule has 2 aromatic carbocycles. The smallest absolute Gasteiger partial charge is 0.123 e. The molecule has 0 fully saturated rings. The van der Waals surface area contributed by atoms with Gasteiger partial charge in [-0.3, -0.25) is 0 Å². The molecular formula is C17H17ClN2O. The van der Waals surface area contributed by atoms with Gasteiger partial charge < -0.3 is 15.0 Å². The zero-order valence-corrected chi connectivity index (χ0v) is 12.6. The largest absolute Gasteiger partial charge is 0.496 e. The molecular weight excluding hydrogens is 284 g/mol. The number of hydrogen-bond acceptors (Lipinski definition) is 2. The Morgan fingerprint density at radius 1 is 1.14 bits per heavy atom. The van der Waals surface area contributed by atoms with Crippen molar-refractivity contribution in [1.82, 2.24) is 4.57 Å². The summed E-state index contributed by atoms with van der Waals surface area (Å²) in [6.45, 7) is 1.25. The second-order valence-electron chi connectivity index (χ2n) is 5.00. The summed E-state index contributed by atoms with van der Waals surface area (Å²) in [7, 11) is 1.67. The van der Waals surface area contributed by atoms with Crippen molar-refractivity contribution in [3.63, 3.8) is 0 Å². The molecule has 0 atom stereocenters. The SMILES string of the molecule is COc1ccc(Cl)cc1Cn1ccc2ccc(CN)cc21. The van der Waals surface area contributed by atoms with Gasteiger partial charge in [0.2, 0.25) is 0 Å². The number of ether oxygens (including phenoxy) is 1. The minimum absolute atomic E-state index is 0.543. The zero-order chi connectivity index (χ0) is 14.8. The lowest BCUT2D eigenvalue weighted by atomic mass is 10.1. The van der Waals surface area contributed by atoms with Crippen molar-refractivity contribution in [2.45, 2.75) is 13.1 Å². The molecule has 0 radical (unpaired) electrons. The van der Waals surface area contributed by atoms with E-state index in [0.29, 0.717) is 18.1 Å². The Bertz CT molecular complexity index is 780. The molecule has 0 spiro atoms. The summed E-state index contributed by atoms with van der Waals surface area (Å²) in [5.41, 5.74) is 9.08. The fourth-order valence-corrected chi connectivity index (χ4v) is 2.74. The summed E-state index contributed by atoms with van der Waals surface area (Å²) in [6.07, 6.45) is 2.07. The molecule has 0 aliphatic rings. The van der Waals surface area contributed by atoms with E-state index < -0.39 is 0 Å². The van der Waals surface area contributed by atoms with Crippen molar-refractivity contribution >= 4 is 22.5 Å². The van der Waals surface area contributed by atoms with E-state index in [4.69, 9.17) is 22.1 Å². The number of nitrogens with zero attached hydrogens (tertiary/aromatic N) is 1. The number of methoxy groups -OCH3 is 1. The number of fused-ring (bicyclic) bond motifs is 1. The maximum atomic E-state index is 6.10. The van der Waals surface area contributed by atoms with Gasteiger partial charge in [0.15, 0.2) is 0 Å². The van der Waals surface area contributed by atoms with Crippen molar-refractivity contribution in [2.24, 2.45) is 5.73 Å². The molecule has 108 valence electrons. The topological polar surface area (TPSA) is 40.2 Å². The van der Waals surface area contributed by atoms with Gasteiger partial charge in [-0.15, -0.1) is 0 Å². The van der Waals surface area contributed by atoms with Gasteiger partial charge in [0, 0.05) is 28.8 Å². The molecule has 0 aliphatic heterocycles. The fourth-order valence-electron chi connectivity index (χ4n) is 2.55. The second kappa shape index (κ2) is 5.80. The van der Waals surface area contributed by atoms with E-state index in [1.807, 2.05) is 18.2 Å². The van der Waals surface area contributed by atoms with E-state index in [1.54, 1.807) is 7.11 Å². The minimum Gasteiger partial charge on any atom is -0.496 e. The fraction of sp³-hybridized carbons (Fsp3) is 0.176. The van der Waals surface area contributed by atoms with Crippen LogP contribution in [0.1, 0.15) is 11.1 Å². The van der Waals surface area contributed by atoms with Crippen molar-refractivity contribution in [1.29, 1.82) is 0 Å². The van der Waals surface area contributed by atoms with Crippen LogP contribution in [0, 0.1) is 0 Å². The van der Waals surface area contributed by atoms with E-state index in [1.165, 1.54) is 10.9 Å². The molecule has 0 saturated heterocycles. The highest BCUT2D eigenvalue weighted by Crippen LogP contribution is 2.26. The van der Waals surface area contributed by atoms with Crippen molar-refractivity contribution < 1.29 is 4.74 Å². The summed E-state index contributed by atoms with van der Waals surface area (Å²) in [4.78, 5) is 0. The van der Waals surface area contributed by atoms with Crippen LogP contribution in [0.5, 0.6) is 5.75 Å². The average Bonchev–Trinajstić information content (AvgIpc) is 2.90. The van der Waals surface area contributed by atoms with Gasteiger partial charge in [0.05, 0.1) is 13.7 Å². The molecule has 2 N–H and O–H groups in total. The average molecular weight is 301 g/mol. The zero-order valence-electron chi connectivity index (χ0n) is 11.8. The number of hydrogen-bond donors (Lipinski definition) is 1. The predicted molar refractivity (Wildman–Crippen MR) is 86.9 cm³/mol. The van der Waals surface area contributed by atoms with Crippen molar-refractivity contribution in [2.75, 3.05) is 7.11 Å². The Morgan fingerprint density at radius 2 is 2.00 bits per heavy atom. The van der Waals surface area contributed by atoms with E-state index >= 15 is 0 Å². The van der Waals surface area contributed by atoms with Crippen LogP contribution in [0.4, 0.5) is 0 Å². The van der Waals surface area contributed by atoms with Crippen LogP contribution in [0.15, 0.2) is 48.7 Å². The van der Waals surface area contributed by atoms with Gasteiger partial charge in [0.1, 0.15) is 5.75 Å². The van der Waals surface area contributed by atoms with Gasteiger partial charge in [-0.25, -0.2) is 0 Å². The molecule has 0 unspecified atom stereocenters. The summed E-state index contributed by atoms with van der Waals surface area (Å²) in [6, 6.07) is 14.1. The lowest BCUT2D eigenvalue weighted by Gasteiger charge is -2.11. The molecule has 21 heavy (non-hydrogen) atoms. The van der Waals surface area contributed by atoms with Crippen LogP contribution in [0.3, 0.4) is 0 Å². The highest BCUT2D eigenvalue weighted by Gasteiger charge is 2.07. The highest BCUT2D eigenvalue weighted by atomic mass is 35.5. The van der Waals surface area contributed by atoms with Crippen LogP contribution in [0.2, 0.25) is 5.02 Å². The Hall–Kier alpha value is -1.97. The van der Waals surface area contributed by atoms with Crippen LogP contribution >= 0.6 is 11.6 Å². The van der Waals surface area contributed by atoms with Crippen LogP contribution in [0.25, 0.3) is 10.9 Å². The van der Waals surface area contributed by atoms with Crippen LogP contribution in [-0.2, 0) is 13.1 Å². The summed E-state index contributed by atoms with van der Waals surface area (Å²) >= 11 is 6.10. The lowest BCUT2D eigenvalue weighted by Crippen LogP contribution is -2.02. The van der Waals surface area contributed by atoms with Gasteiger partial charge in [-0.05, 0) is 41.3 Å². The van der Waals surface area contributed by atoms with Gasteiger partial charge in [0.25, 0.3) is 0 Å². The van der Waals surface area contributed by atoms with Crippen LogP contribution < -0.4 is 10.5 Å². The maximum Gasteiger partial charge on any atom is 0.123 e. The third-order valence-electron chi connectivity index (χ3n) is 3.66. The predicted octanol–water partition coefficient (Wildman–Crippen LogP) is 3.81. The molecule has 1 heterocycles. The number of aromatic nitrogens is 1. The second-order valence-corrected chi connectivity index (χ2v) is 5.43. The number of halogens is 1. The summed E-state index contributed by atoms with van der Waals surface area (Å²) < 4.78 is 7.60. The first-order valence-electron chi connectivity index (χ1n) is 6.81. The van der Waals surface area contributed by atoms with E-state index in [9.17, 15) is 0 Å². The van der Waals surface area contributed by atoms with Crippen molar-refractivity contribution in [3.05, 3.63) is 64.8 Å². The van der Waals surface area contributed by atoms with Gasteiger partial charge in [-0.1, -0.05) is 23.7 Å². The molecule has 1 aromatic heterocycles. The van der Waals surface area contributed by atoms with Gasteiger partial charge >= 0.3 is 0 Å². The van der Waals surface area contributed by atoms with Crippen LogP contribution in [-0.4, -0.2) is 11.7 Å². The third-order valence-corrected chi connectivity index (χ3v) is 3.89. The number of nitrogens with two attached hydrogens (primary N) is 1. The first-order chi connectivity index (χ1) is 10.2. The molecule has 3 rings (SSSR count). The monoisotopic (exact) mass is 300 g/mol. The first-order valence-corrected chi connectivity index (χ1v) is 7.19. The number of benzene rings is 2. The Labute approximate surface area is 128 Å². The molecule has 0 bridgehead atoms. The molecule has 3 aromatic rings. The Morgan fingerprint density at radius 3 is 2.76 bits per heavy atom. The molecule has 0 saturated carbocycles. The minimum atomic E-state index is 0.543. The molecule has 0 amide bonds. The Balaban J connectivity index is 2.03. The lowest BCUT2D eigenvalue weighted by molar-refractivity contribution is 0.408. The van der Waals surface area contributed by atoms with Crippen molar-refractivity contribution in [3.8, 4) is 5.75 Å². The van der Waals surface area contributed by atoms with E-state index in [-0.39, 0.29) is 0 Å². The summed E-state index contributed by atoms with van der Waals surface area (Å²) in [5, 5.41) is 1.91. The quantitative estimate of drug-likeness (QED) is 0.796. The van der Waals surface area contributed by atoms with E-state index in [2.05, 4.69) is 35.0 Å². The molecule has 4 heteroatoms. The van der Waals surface area contributed by atoms with Gasteiger partial charge in [-0.2, -0.15) is 0 Å². The molecule has 0 aliphatic carbocycles.